The number of benzene rings is 1. The van der Waals surface area contributed by atoms with E-state index in [0.29, 0.717) is 11.8 Å². The molecule has 4 heteroatoms. The zero-order valence-electron chi connectivity index (χ0n) is 18.4. The number of anilines is 1. The summed E-state index contributed by atoms with van der Waals surface area (Å²) in [5.41, 5.74) is 5.30. The van der Waals surface area contributed by atoms with Crippen LogP contribution in [0, 0.1) is 11.8 Å². The molecule has 0 unspecified atom stereocenters. The molecule has 1 amide bonds. The molecule has 30 heavy (non-hydrogen) atoms. The number of amides is 1. The number of hydrogen-bond acceptors (Lipinski definition) is 3. The minimum Gasteiger partial charge on any atom is -0.394 e. The van der Waals surface area contributed by atoms with E-state index in [4.69, 9.17) is 0 Å². The summed E-state index contributed by atoms with van der Waals surface area (Å²) < 4.78 is 0. The van der Waals surface area contributed by atoms with E-state index >= 15 is 0 Å². The summed E-state index contributed by atoms with van der Waals surface area (Å²) in [6, 6.07) is 7.07. The molecule has 1 saturated heterocycles. The van der Waals surface area contributed by atoms with Crippen LogP contribution in [0.1, 0.15) is 81.4 Å². The van der Waals surface area contributed by atoms with Crippen LogP contribution < -0.4 is 4.90 Å². The standard InChI is InChI=1S/C26H36N2O2/c1-27-23-13-12-20(18-8-4-2-5-9-18)16-22(23)25-21(24(27)17-29)14-15-28(25)26(30)19-10-6-3-7-11-19/h8,12-13,16,19,21,24-25,29H,2-7,9-11,14-15,17H2,1H3/t21-,24+,25-/m1/s1. The summed E-state index contributed by atoms with van der Waals surface area (Å²) in [5.74, 6) is 0.893. The third-order valence-corrected chi connectivity index (χ3v) is 8.25. The molecule has 0 radical (unpaired) electrons. The molecular formula is C26H36N2O2. The third kappa shape index (κ3) is 3.37. The summed E-state index contributed by atoms with van der Waals surface area (Å²) in [4.78, 5) is 18.0. The number of fused-ring (bicyclic) bond motifs is 3. The van der Waals surface area contributed by atoms with E-state index in [9.17, 15) is 9.90 Å². The van der Waals surface area contributed by atoms with E-state index in [-0.39, 0.29) is 24.6 Å². The molecule has 4 aliphatic rings. The van der Waals surface area contributed by atoms with Crippen molar-refractivity contribution >= 4 is 17.2 Å². The van der Waals surface area contributed by atoms with Gasteiger partial charge in [0.2, 0.25) is 5.91 Å². The van der Waals surface area contributed by atoms with Crippen LogP contribution in [0.2, 0.25) is 0 Å². The van der Waals surface area contributed by atoms with Gasteiger partial charge in [-0.15, -0.1) is 0 Å². The molecule has 4 nitrogen and oxygen atoms in total. The van der Waals surface area contributed by atoms with Crippen LogP contribution in [0.4, 0.5) is 5.69 Å². The zero-order chi connectivity index (χ0) is 20.7. The van der Waals surface area contributed by atoms with Crippen molar-refractivity contribution in [3.8, 4) is 0 Å². The monoisotopic (exact) mass is 408 g/mol. The average Bonchev–Trinajstić information content (AvgIpc) is 3.25. The van der Waals surface area contributed by atoms with Gasteiger partial charge in [-0.1, -0.05) is 31.4 Å². The van der Waals surface area contributed by atoms with E-state index in [1.165, 1.54) is 60.9 Å². The second-order valence-electron chi connectivity index (χ2n) is 9.87. The topological polar surface area (TPSA) is 43.8 Å². The second-order valence-corrected chi connectivity index (χ2v) is 9.87. The van der Waals surface area contributed by atoms with E-state index in [2.05, 4.69) is 41.1 Å². The number of aliphatic hydroxyl groups is 1. The number of carbonyl (C=O) groups excluding carboxylic acids is 1. The zero-order valence-corrected chi connectivity index (χ0v) is 18.4. The van der Waals surface area contributed by atoms with E-state index in [1.807, 2.05) is 0 Å². The molecule has 162 valence electrons. The molecule has 0 bridgehead atoms. The SMILES string of the molecule is CN1c2ccc(C3=CCCCC3)cc2[C@H]2[C@H](CCN2C(=O)C2CCCCC2)[C@@H]1CO. The molecule has 3 atom stereocenters. The van der Waals surface area contributed by atoms with Gasteiger partial charge in [-0.3, -0.25) is 4.79 Å². The van der Waals surface area contributed by atoms with Gasteiger partial charge in [0.05, 0.1) is 18.7 Å². The molecule has 1 aromatic rings. The number of carbonyl (C=O) groups is 1. The first-order valence-electron chi connectivity index (χ1n) is 12.2. The van der Waals surface area contributed by atoms with Crippen molar-refractivity contribution in [2.45, 2.75) is 76.3 Å². The molecule has 1 N–H and O–H groups in total. The lowest BCUT2D eigenvalue weighted by Crippen LogP contribution is -2.49. The maximum Gasteiger partial charge on any atom is 0.226 e. The normalized spacial score (nSPS) is 29.4. The number of hydrogen-bond donors (Lipinski definition) is 1. The molecule has 1 aromatic carbocycles. The fraction of sp³-hybridized carbons (Fsp3) is 0.654. The number of nitrogens with zero attached hydrogens (tertiary/aromatic N) is 2. The Morgan fingerprint density at radius 3 is 2.67 bits per heavy atom. The van der Waals surface area contributed by atoms with Crippen molar-refractivity contribution in [1.82, 2.24) is 4.90 Å². The molecule has 2 fully saturated rings. The minimum atomic E-state index is 0.0893. The van der Waals surface area contributed by atoms with Crippen LogP contribution >= 0.6 is 0 Å². The molecule has 0 aromatic heterocycles. The van der Waals surface area contributed by atoms with Gasteiger partial charge in [0, 0.05) is 31.1 Å². The Labute approximate surface area is 180 Å². The first-order valence-corrected chi connectivity index (χ1v) is 12.2. The van der Waals surface area contributed by atoms with Crippen LogP contribution in [0.5, 0.6) is 0 Å². The lowest BCUT2D eigenvalue weighted by Gasteiger charge is -2.45. The molecule has 2 aliphatic heterocycles. The van der Waals surface area contributed by atoms with Gasteiger partial charge in [-0.05, 0) is 73.8 Å². The van der Waals surface area contributed by atoms with Gasteiger partial charge in [0.1, 0.15) is 0 Å². The largest absolute Gasteiger partial charge is 0.394 e. The third-order valence-electron chi connectivity index (χ3n) is 8.25. The van der Waals surface area contributed by atoms with Crippen LogP contribution in [-0.2, 0) is 4.79 Å². The lowest BCUT2D eigenvalue weighted by molar-refractivity contribution is -0.138. The molecule has 0 spiro atoms. The average molecular weight is 409 g/mol. The van der Waals surface area contributed by atoms with Gasteiger partial charge >= 0.3 is 0 Å². The summed E-state index contributed by atoms with van der Waals surface area (Å²) >= 11 is 0. The second kappa shape index (κ2) is 8.37. The number of allylic oxidation sites excluding steroid dienone is 2. The first-order chi connectivity index (χ1) is 14.7. The fourth-order valence-corrected chi connectivity index (χ4v) is 6.59. The Balaban J connectivity index is 1.53. The molecule has 2 heterocycles. The van der Waals surface area contributed by atoms with Crippen LogP contribution in [-0.4, -0.2) is 42.2 Å². The van der Waals surface area contributed by atoms with Gasteiger partial charge in [0.15, 0.2) is 0 Å². The Kier molecular flexibility index (Phi) is 5.61. The summed E-state index contributed by atoms with van der Waals surface area (Å²) in [6.45, 7) is 0.983. The molecule has 5 rings (SSSR count). The van der Waals surface area contributed by atoms with E-state index < -0.39 is 0 Å². The lowest BCUT2D eigenvalue weighted by atomic mass is 9.80. The summed E-state index contributed by atoms with van der Waals surface area (Å²) in [7, 11) is 2.11. The van der Waals surface area contributed by atoms with Gasteiger partial charge in [0.25, 0.3) is 0 Å². The summed E-state index contributed by atoms with van der Waals surface area (Å²) in [6.07, 6.45) is 14.1. The number of rotatable bonds is 3. The highest BCUT2D eigenvalue weighted by molar-refractivity contribution is 5.81. The van der Waals surface area contributed by atoms with Gasteiger partial charge in [-0.2, -0.15) is 0 Å². The minimum absolute atomic E-state index is 0.0893. The predicted octanol–water partition coefficient (Wildman–Crippen LogP) is 4.92. The fourth-order valence-electron chi connectivity index (χ4n) is 6.59. The summed E-state index contributed by atoms with van der Waals surface area (Å²) in [5, 5.41) is 10.2. The Morgan fingerprint density at radius 1 is 1.10 bits per heavy atom. The van der Waals surface area contributed by atoms with Crippen molar-refractivity contribution in [2.24, 2.45) is 11.8 Å². The maximum absolute atomic E-state index is 13.6. The van der Waals surface area contributed by atoms with Gasteiger partial charge in [-0.25, -0.2) is 0 Å². The Morgan fingerprint density at radius 2 is 1.93 bits per heavy atom. The van der Waals surface area contributed by atoms with Crippen LogP contribution in [0.3, 0.4) is 0 Å². The highest BCUT2D eigenvalue weighted by Gasteiger charge is 2.48. The van der Waals surface area contributed by atoms with E-state index in [0.717, 1.165) is 32.2 Å². The van der Waals surface area contributed by atoms with Crippen molar-refractivity contribution in [1.29, 1.82) is 0 Å². The highest BCUT2D eigenvalue weighted by Crippen LogP contribution is 2.50. The maximum atomic E-state index is 13.6. The van der Waals surface area contributed by atoms with Crippen molar-refractivity contribution in [2.75, 3.05) is 25.1 Å². The van der Waals surface area contributed by atoms with Crippen LogP contribution in [0.15, 0.2) is 24.3 Å². The van der Waals surface area contributed by atoms with Crippen molar-refractivity contribution < 1.29 is 9.90 Å². The van der Waals surface area contributed by atoms with Crippen molar-refractivity contribution in [3.63, 3.8) is 0 Å². The molecule has 2 aliphatic carbocycles. The van der Waals surface area contributed by atoms with E-state index in [1.54, 1.807) is 0 Å². The first kappa shape index (κ1) is 20.1. The molecular weight excluding hydrogens is 372 g/mol. The Bertz CT molecular complexity index is 826. The smallest absolute Gasteiger partial charge is 0.226 e. The van der Waals surface area contributed by atoms with Crippen LogP contribution in [0.25, 0.3) is 5.57 Å². The number of aliphatic hydroxyl groups excluding tert-OH is 1. The number of likely N-dealkylation sites (N-methyl/N-ethyl adjacent to an activating group) is 1. The van der Waals surface area contributed by atoms with Crippen molar-refractivity contribution in [3.05, 3.63) is 35.4 Å². The quantitative estimate of drug-likeness (QED) is 0.772. The number of likely N-dealkylation sites (tertiary alicyclic amines) is 1. The highest BCUT2D eigenvalue weighted by atomic mass is 16.3. The van der Waals surface area contributed by atoms with Gasteiger partial charge < -0.3 is 14.9 Å². The Hall–Kier alpha value is -1.81. The predicted molar refractivity (Wildman–Crippen MR) is 121 cm³/mol. The molecule has 1 saturated carbocycles.